The molecule has 0 bridgehead atoms. The van der Waals surface area contributed by atoms with Crippen LogP contribution in [0.4, 0.5) is 5.69 Å². The maximum absolute atomic E-state index is 13.0. The number of carbonyl (C=O) groups is 2. The summed E-state index contributed by atoms with van der Waals surface area (Å²) in [5.41, 5.74) is 2.76. The Morgan fingerprint density at radius 2 is 1.85 bits per heavy atom. The van der Waals surface area contributed by atoms with Crippen LogP contribution in [0.15, 0.2) is 60.7 Å². The number of nitrogens with one attached hydrogen (secondary N) is 1. The number of methoxy groups -OCH3 is 1. The molecule has 34 heavy (non-hydrogen) atoms. The highest BCUT2D eigenvalue weighted by molar-refractivity contribution is 6.04. The Bertz CT molecular complexity index is 1260. The third kappa shape index (κ3) is 4.22. The van der Waals surface area contributed by atoms with E-state index in [4.69, 9.17) is 18.9 Å². The van der Waals surface area contributed by atoms with Crippen LogP contribution in [0.2, 0.25) is 0 Å². The largest absolute Gasteiger partial charge is 0.496 e. The highest BCUT2D eigenvalue weighted by Crippen LogP contribution is 2.33. The van der Waals surface area contributed by atoms with Gasteiger partial charge < -0.3 is 29.2 Å². The minimum absolute atomic E-state index is 0.118. The van der Waals surface area contributed by atoms with Crippen LogP contribution >= 0.6 is 0 Å². The lowest BCUT2D eigenvalue weighted by molar-refractivity contribution is -0.138. The molecule has 1 atom stereocenters. The molecule has 3 aromatic rings. The number of carbonyl (C=O) groups excluding carboxylic acids is 2. The van der Waals surface area contributed by atoms with Gasteiger partial charge in [-0.3, -0.25) is 9.59 Å². The molecule has 8 heteroatoms. The third-order valence-electron chi connectivity index (χ3n) is 5.83. The summed E-state index contributed by atoms with van der Waals surface area (Å²) in [6, 6.07) is 18.0. The summed E-state index contributed by atoms with van der Waals surface area (Å²) in [5.74, 6) is 2.11. The lowest BCUT2D eigenvalue weighted by atomic mass is 10.1. The van der Waals surface area contributed by atoms with Crippen LogP contribution in [0.5, 0.6) is 23.0 Å². The molecule has 2 amide bonds. The van der Waals surface area contributed by atoms with Crippen molar-refractivity contribution in [2.75, 3.05) is 19.2 Å². The Morgan fingerprint density at radius 3 is 2.71 bits per heavy atom. The summed E-state index contributed by atoms with van der Waals surface area (Å²) < 4.78 is 22.0. The van der Waals surface area contributed by atoms with Gasteiger partial charge in [-0.15, -0.1) is 0 Å². The molecule has 0 saturated carbocycles. The number of para-hydroxylation sites is 1. The van der Waals surface area contributed by atoms with Crippen LogP contribution in [0.25, 0.3) is 0 Å². The number of anilines is 1. The second-order valence-electron chi connectivity index (χ2n) is 8.11. The number of hydrogen-bond acceptors (Lipinski definition) is 6. The third-order valence-corrected chi connectivity index (χ3v) is 5.83. The Balaban J connectivity index is 1.37. The SMILES string of the molecule is COc1ccccc1CN1Cc2cc(NC(=O)c3ccc4c(c3)OCO4)ccc2O[C@@H](C)C1=O. The summed E-state index contributed by atoms with van der Waals surface area (Å²) in [4.78, 5) is 27.6. The molecule has 1 N–H and O–H groups in total. The van der Waals surface area contributed by atoms with Crippen LogP contribution in [0.1, 0.15) is 28.4 Å². The molecule has 174 valence electrons. The van der Waals surface area contributed by atoms with Crippen molar-refractivity contribution in [1.82, 2.24) is 4.90 Å². The van der Waals surface area contributed by atoms with Gasteiger partial charge in [0, 0.05) is 35.5 Å². The van der Waals surface area contributed by atoms with E-state index in [1.165, 1.54) is 0 Å². The maximum Gasteiger partial charge on any atom is 0.263 e. The van der Waals surface area contributed by atoms with E-state index in [1.807, 2.05) is 30.3 Å². The second kappa shape index (κ2) is 8.97. The van der Waals surface area contributed by atoms with Gasteiger partial charge in [0.25, 0.3) is 11.8 Å². The average Bonchev–Trinajstić information content (AvgIpc) is 3.28. The molecule has 0 spiro atoms. The van der Waals surface area contributed by atoms with Crippen molar-refractivity contribution < 1.29 is 28.5 Å². The second-order valence-corrected chi connectivity index (χ2v) is 8.11. The van der Waals surface area contributed by atoms with Crippen molar-refractivity contribution in [2.24, 2.45) is 0 Å². The fraction of sp³-hybridized carbons (Fsp3) is 0.231. The molecule has 2 heterocycles. The number of benzene rings is 3. The molecule has 5 rings (SSSR count). The molecular formula is C26H24N2O6. The van der Waals surface area contributed by atoms with Crippen LogP contribution in [-0.4, -0.2) is 36.7 Å². The first-order valence-corrected chi connectivity index (χ1v) is 10.9. The maximum atomic E-state index is 13.0. The number of fused-ring (bicyclic) bond motifs is 2. The van der Waals surface area contributed by atoms with Crippen molar-refractivity contribution in [3.63, 3.8) is 0 Å². The number of rotatable bonds is 5. The van der Waals surface area contributed by atoms with Crippen LogP contribution in [0.3, 0.4) is 0 Å². The van der Waals surface area contributed by atoms with Gasteiger partial charge in [0.1, 0.15) is 11.5 Å². The zero-order valence-corrected chi connectivity index (χ0v) is 18.9. The molecule has 2 aliphatic heterocycles. The fourth-order valence-electron chi connectivity index (χ4n) is 4.09. The number of ether oxygens (including phenoxy) is 4. The normalized spacial score (nSPS) is 16.4. The van der Waals surface area contributed by atoms with Gasteiger partial charge in [-0.1, -0.05) is 18.2 Å². The smallest absolute Gasteiger partial charge is 0.263 e. The lowest BCUT2D eigenvalue weighted by Crippen LogP contribution is -2.37. The highest BCUT2D eigenvalue weighted by Gasteiger charge is 2.29. The Morgan fingerprint density at radius 1 is 1.06 bits per heavy atom. The van der Waals surface area contributed by atoms with Crippen molar-refractivity contribution in [3.05, 3.63) is 77.4 Å². The van der Waals surface area contributed by atoms with E-state index in [0.29, 0.717) is 41.6 Å². The number of nitrogens with zero attached hydrogens (tertiary/aromatic N) is 1. The van der Waals surface area contributed by atoms with E-state index in [2.05, 4.69) is 5.32 Å². The minimum Gasteiger partial charge on any atom is -0.496 e. The Labute approximate surface area is 197 Å². The summed E-state index contributed by atoms with van der Waals surface area (Å²) >= 11 is 0. The van der Waals surface area contributed by atoms with Crippen molar-refractivity contribution in [3.8, 4) is 23.0 Å². The first-order valence-electron chi connectivity index (χ1n) is 10.9. The molecule has 8 nitrogen and oxygen atoms in total. The van der Waals surface area contributed by atoms with E-state index in [-0.39, 0.29) is 18.6 Å². The van der Waals surface area contributed by atoms with Crippen molar-refractivity contribution >= 4 is 17.5 Å². The van der Waals surface area contributed by atoms with Gasteiger partial charge in [-0.2, -0.15) is 0 Å². The molecule has 0 saturated heterocycles. The monoisotopic (exact) mass is 460 g/mol. The average molecular weight is 460 g/mol. The van der Waals surface area contributed by atoms with E-state index >= 15 is 0 Å². The molecule has 0 aromatic heterocycles. The van der Waals surface area contributed by atoms with E-state index in [1.54, 1.807) is 49.3 Å². The van der Waals surface area contributed by atoms with Crippen LogP contribution in [-0.2, 0) is 17.9 Å². The predicted octanol–water partition coefficient (Wildman–Crippen LogP) is 3.99. The minimum atomic E-state index is -0.634. The molecule has 0 radical (unpaired) electrons. The zero-order chi connectivity index (χ0) is 23.7. The van der Waals surface area contributed by atoms with Gasteiger partial charge in [0.15, 0.2) is 17.6 Å². The van der Waals surface area contributed by atoms with Crippen molar-refractivity contribution in [1.29, 1.82) is 0 Å². The van der Waals surface area contributed by atoms with E-state index in [9.17, 15) is 9.59 Å². The predicted molar refractivity (Wildman–Crippen MR) is 124 cm³/mol. The van der Waals surface area contributed by atoms with Gasteiger partial charge in [0.2, 0.25) is 6.79 Å². The summed E-state index contributed by atoms with van der Waals surface area (Å²) in [6.07, 6.45) is -0.634. The molecule has 0 fully saturated rings. The summed E-state index contributed by atoms with van der Waals surface area (Å²) in [5, 5.41) is 2.91. The summed E-state index contributed by atoms with van der Waals surface area (Å²) in [6.45, 7) is 2.60. The fourth-order valence-corrected chi connectivity index (χ4v) is 4.09. The topological polar surface area (TPSA) is 86.3 Å². The molecule has 0 unspecified atom stereocenters. The Kier molecular flexibility index (Phi) is 5.71. The first-order chi connectivity index (χ1) is 16.5. The van der Waals surface area contributed by atoms with Gasteiger partial charge in [-0.05, 0) is 49.4 Å². The number of hydrogen-bond donors (Lipinski definition) is 1. The van der Waals surface area contributed by atoms with Crippen LogP contribution < -0.4 is 24.3 Å². The molecule has 3 aromatic carbocycles. The summed E-state index contributed by atoms with van der Waals surface area (Å²) in [7, 11) is 1.61. The molecule has 0 aliphatic carbocycles. The van der Waals surface area contributed by atoms with Crippen LogP contribution in [0, 0.1) is 0 Å². The molecular weight excluding hydrogens is 436 g/mol. The highest BCUT2D eigenvalue weighted by atomic mass is 16.7. The lowest BCUT2D eigenvalue weighted by Gasteiger charge is -2.23. The van der Waals surface area contributed by atoms with E-state index < -0.39 is 6.10 Å². The Hall–Kier alpha value is -4.20. The van der Waals surface area contributed by atoms with Gasteiger partial charge >= 0.3 is 0 Å². The van der Waals surface area contributed by atoms with Crippen molar-refractivity contribution in [2.45, 2.75) is 26.1 Å². The standard InChI is InChI=1S/C26H24N2O6/c1-16-26(30)28(13-18-5-3-4-6-21(18)31-2)14-19-11-20(8-10-22(19)34-16)27-25(29)17-7-9-23-24(12-17)33-15-32-23/h3-12,16H,13-15H2,1-2H3,(H,27,29)/t16-/m0/s1. The quantitative estimate of drug-likeness (QED) is 0.620. The first kappa shape index (κ1) is 21.6. The van der Waals surface area contributed by atoms with Gasteiger partial charge in [0.05, 0.1) is 7.11 Å². The van der Waals surface area contributed by atoms with E-state index in [0.717, 1.165) is 16.9 Å². The number of amides is 2. The van der Waals surface area contributed by atoms with Gasteiger partial charge in [-0.25, -0.2) is 0 Å². The molecule has 2 aliphatic rings. The zero-order valence-electron chi connectivity index (χ0n) is 18.9.